The number of benzene rings is 1. The summed E-state index contributed by atoms with van der Waals surface area (Å²) in [5, 5.41) is 19.3. The monoisotopic (exact) mass is 444 g/mol. The molecule has 2 saturated heterocycles. The molecule has 2 aliphatic rings. The van der Waals surface area contributed by atoms with Crippen LogP contribution in [0.5, 0.6) is 0 Å². The number of fused-ring (bicyclic) bond motifs is 1. The van der Waals surface area contributed by atoms with Gasteiger partial charge in [-0.25, -0.2) is 0 Å². The number of aliphatic hydroxyl groups excluding tert-OH is 1. The lowest BCUT2D eigenvalue weighted by atomic mass is 9.74. The van der Waals surface area contributed by atoms with Crippen LogP contribution >= 0.6 is 0 Å². The molecule has 0 radical (unpaired) electrons. The number of rotatable bonds is 4. The Kier molecular flexibility index (Phi) is 5.82. The fourth-order valence-corrected chi connectivity index (χ4v) is 4.87. The van der Waals surface area contributed by atoms with Crippen LogP contribution in [-0.4, -0.2) is 53.7 Å². The normalized spacial score (nSPS) is 23.0. The van der Waals surface area contributed by atoms with E-state index in [-0.39, 0.29) is 24.9 Å². The quantitative estimate of drug-likeness (QED) is 0.785. The van der Waals surface area contributed by atoms with Crippen molar-refractivity contribution in [2.45, 2.75) is 19.0 Å². The van der Waals surface area contributed by atoms with Crippen LogP contribution in [0, 0.1) is 22.7 Å². The molecule has 0 spiro atoms. The van der Waals surface area contributed by atoms with Crippen LogP contribution in [-0.2, 0) is 17.4 Å². The summed E-state index contributed by atoms with van der Waals surface area (Å²) < 4.78 is 40.2. The molecule has 2 aliphatic heterocycles. The average molecular weight is 444 g/mol. The van der Waals surface area contributed by atoms with Crippen LogP contribution in [0.2, 0.25) is 0 Å². The molecular formula is C23H23F3N4O2. The number of nitriles is 1. The third-order valence-electron chi connectivity index (χ3n) is 6.63. The molecule has 1 aromatic heterocycles. The summed E-state index contributed by atoms with van der Waals surface area (Å²) >= 11 is 0. The molecule has 2 atom stereocenters. The van der Waals surface area contributed by atoms with Crippen molar-refractivity contribution in [1.82, 2.24) is 9.88 Å². The summed E-state index contributed by atoms with van der Waals surface area (Å²) in [5.41, 5.74) is -0.751. The van der Waals surface area contributed by atoms with E-state index in [2.05, 4.69) is 4.98 Å². The molecule has 2 aromatic rings. The number of carbonyl (C=O) groups excluding carboxylic acids is 1. The number of alkyl halides is 3. The van der Waals surface area contributed by atoms with Gasteiger partial charge in [0.05, 0.1) is 30.2 Å². The first kappa shape index (κ1) is 22.1. The molecule has 0 bridgehead atoms. The molecule has 168 valence electrons. The fraction of sp³-hybridized carbons (Fsp3) is 0.435. The highest BCUT2D eigenvalue weighted by Crippen LogP contribution is 2.44. The highest BCUT2D eigenvalue weighted by molar-refractivity contribution is 5.79. The van der Waals surface area contributed by atoms with Gasteiger partial charge in [0.25, 0.3) is 0 Å². The molecule has 4 rings (SSSR count). The molecule has 3 heterocycles. The van der Waals surface area contributed by atoms with Gasteiger partial charge in [0.1, 0.15) is 0 Å². The zero-order valence-electron chi connectivity index (χ0n) is 17.3. The number of likely N-dealkylation sites (tertiary alicyclic amines) is 1. The van der Waals surface area contributed by atoms with Crippen molar-refractivity contribution in [3.8, 4) is 6.07 Å². The maximum atomic E-state index is 13.4. The van der Waals surface area contributed by atoms with Crippen molar-refractivity contribution < 1.29 is 23.1 Å². The van der Waals surface area contributed by atoms with Gasteiger partial charge in [0.15, 0.2) is 0 Å². The second-order valence-electron chi connectivity index (χ2n) is 8.57. The van der Waals surface area contributed by atoms with Crippen LogP contribution in [0.4, 0.5) is 18.9 Å². The van der Waals surface area contributed by atoms with E-state index in [0.717, 1.165) is 11.6 Å². The highest BCUT2D eigenvalue weighted by atomic mass is 19.4. The smallest absolute Gasteiger partial charge is 0.396 e. The van der Waals surface area contributed by atoms with E-state index in [1.165, 1.54) is 12.1 Å². The number of halogens is 3. The minimum Gasteiger partial charge on any atom is -0.396 e. The second-order valence-corrected chi connectivity index (χ2v) is 8.57. The van der Waals surface area contributed by atoms with Crippen LogP contribution in [0.15, 0.2) is 42.7 Å². The molecule has 32 heavy (non-hydrogen) atoms. The molecule has 1 N–H and O–H groups in total. The zero-order chi connectivity index (χ0) is 22.9. The SMILES string of the molecule is N#Cc1ccc(N2CC[C@@H]3CN(C(=O)Cc4ccncc4)C[C@]3(CO)C2)cc1C(F)(F)F. The van der Waals surface area contributed by atoms with Crippen LogP contribution in [0.25, 0.3) is 0 Å². The fourth-order valence-electron chi connectivity index (χ4n) is 4.87. The Balaban J connectivity index is 1.53. The van der Waals surface area contributed by atoms with E-state index < -0.39 is 22.7 Å². The molecule has 1 amide bonds. The van der Waals surface area contributed by atoms with Gasteiger partial charge < -0.3 is 14.9 Å². The number of nitrogens with zero attached hydrogens (tertiary/aromatic N) is 4. The first-order valence-corrected chi connectivity index (χ1v) is 10.4. The number of aromatic nitrogens is 1. The summed E-state index contributed by atoms with van der Waals surface area (Å²) in [6, 6.07) is 8.88. The third-order valence-corrected chi connectivity index (χ3v) is 6.63. The number of piperidine rings is 1. The minimum atomic E-state index is -4.63. The topological polar surface area (TPSA) is 80.5 Å². The van der Waals surface area contributed by atoms with E-state index >= 15 is 0 Å². The number of anilines is 1. The Morgan fingerprint density at radius 2 is 2.00 bits per heavy atom. The summed E-state index contributed by atoms with van der Waals surface area (Å²) in [6.45, 7) is 1.59. The van der Waals surface area contributed by atoms with Gasteiger partial charge in [-0.3, -0.25) is 9.78 Å². The van der Waals surface area contributed by atoms with Gasteiger partial charge in [-0.15, -0.1) is 0 Å². The van der Waals surface area contributed by atoms with Crippen molar-refractivity contribution in [2.75, 3.05) is 37.7 Å². The average Bonchev–Trinajstić information content (AvgIpc) is 3.18. The van der Waals surface area contributed by atoms with E-state index in [1.807, 2.05) is 4.90 Å². The van der Waals surface area contributed by atoms with Crippen LogP contribution in [0.1, 0.15) is 23.1 Å². The van der Waals surface area contributed by atoms with Gasteiger partial charge in [-0.1, -0.05) is 0 Å². The molecule has 0 aliphatic carbocycles. The Morgan fingerprint density at radius 3 is 2.66 bits per heavy atom. The first-order valence-electron chi connectivity index (χ1n) is 10.4. The van der Waals surface area contributed by atoms with Crippen molar-refractivity contribution in [3.63, 3.8) is 0 Å². The first-order chi connectivity index (χ1) is 15.3. The van der Waals surface area contributed by atoms with Gasteiger partial charge in [-0.2, -0.15) is 18.4 Å². The number of aliphatic hydroxyl groups is 1. The van der Waals surface area contributed by atoms with Crippen molar-refractivity contribution >= 4 is 11.6 Å². The lowest BCUT2D eigenvalue weighted by molar-refractivity contribution is -0.137. The molecule has 1 aromatic carbocycles. The van der Waals surface area contributed by atoms with E-state index in [1.54, 1.807) is 35.5 Å². The van der Waals surface area contributed by atoms with Gasteiger partial charge in [0, 0.05) is 49.7 Å². The Labute approximate surface area is 183 Å². The lowest BCUT2D eigenvalue weighted by Gasteiger charge is -2.44. The van der Waals surface area contributed by atoms with Crippen LogP contribution in [0.3, 0.4) is 0 Å². The maximum absolute atomic E-state index is 13.4. The maximum Gasteiger partial charge on any atom is 0.417 e. The number of pyridine rings is 1. The van der Waals surface area contributed by atoms with Gasteiger partial charge >= 0.3 is 6.18 Å². The van der Waals surface area contributed by atoms with Crippen molar-refractivity contribution in [1.29, 1.82) is 5.26 Å². The predicted molar refractivity (Wildman–Crippen MR) is 111 cm³/mol. The van der Waals surface area contributed by atoms with E-state index in [9.17, 15) is 23.1 Å². The molecular weight excluding hydrogens is 421 g/mol. The summed E-state index contributed by atoms with van der Waals surface area (Å²) in [4.78, 5) is 20.4. The number of carbonyl (C=O) groups is 1. The van der Waals surface area contributed by atoms with E-state index in [0.29, 0.717) is 38.3 Å². The molecule has 6 nitrogen and oxygen atoms in total. The van der Waals surface area contributed by atoms with E-state index in [4.69, 9.17) is 5.26 Å². The number of amides is 1. The Bertz CT molecular complexity index is 1040. The standard InChI is InChI=1S/C23H23F3N4O2/c24-23(25,26)20-10-19(2-1-17(20)11-27)29-8-5-18-12-30(14-22(18,13-29)15-31)21(32)9-16-3-6-28-7-4-16/h1-4,6-7,10,18,31H,5,8-9,12-15H2/t18-,22+/m1/s1. The summed E-state index contributed by atoms with van der Waals surface area (Å²) in [5.74, 6) is 0.0355. The lowest BCUT2D eigenvalue weighted by Crippen LogP contribution is -2.51. The second kappa shape index (κ2) is 8.43. The Hall–Kier alpha value is -3.12. The summed E-state index contributed by atoms with van der Waals surface area (Å²) in [6.07, 6.45) is -0.470. The highest BCUT2D eigenvalue weighted by Gasteiger charge is 2.50. The third kappa shape index (κ3) is 4.15. The molecule has 2 fully saturated rings. The molecule has 9 heteroatoms. The van der Waals surface area contributed by atoms with Crippen molar-refractivity contribution in [2.24, 2.45) is 11.3 Å². The molecule has 0 unspecified atom stereocenters. The minimum absolute atomic E-state index is 0.0392. The predicted octanol–water partition coefficient (Wildman–Crippen LogP) is 2.86. The number of hydrogen-bond acceptors (Lipinski definition) is 5. The zero-order valence-corrected chi connectivity index (χ0v) is 17.3. The van der Waals surface area contributed by atoms with Gasteiger partial charge in [0.2, 0.25) is 5.91 Å². The summed E-state index contributed by atoms with van der Waals surface area (Å²) in [7, 11) is 0. The van der Waals surface area contributed by atoms with Crippen LogP contribution < -0.4 is 4.90 Å². The molecule has 0 saturated carbocycles. The van der Waals surface area contributed by atoms with Gasteiger partial charge in [-0.05, 0) is 48.2 Å². The van der Waals surface area contributed by atoms with Crippen molar-refractivity contribution in [3.05, 3.63) is 59.4 Å². The largest absolute Gasteiger partial charge is 0.417 e. The number of hydrogen-bond donors (Lipinski definition) is 1. The Morgan fingerprint density at radius 1 is 1.25 bits per heavy atom.